The highest BCUT2D eigenvalue weighted by Gasteiger charge is 2.46. The van der Waals surface area contributed by atoms with Gasteiger partial charge in [0.1, 0.15) is 5.00 Å². The lowest BCUT2D eigenvalue weighted by molar-refractivity contribution is 0.119. The number of unbranched alkanes of at least 4 members (excludes halogenated alkanes) is 3. The van der Waals surface area contributed by atoms with Gasteiger partial charge < -0.3 is 13.3 Å². The van der Waals surface area contributed by atoms with Gasteiger partial charge in [0.2, 0.25) is 0 Å². The molecule has 5 heteroatoms. The predicted octanol–water partition coefficient (Wildman–Crippen LogP) is 2.98. The minimum atomic E-state index is -2.62. The lowest BCUT2D eigenvalue weighted by Crippen LogP contribution is -2.51. The van der Waals surface area contributed by atoms with Crippen LogP contribution in [0.5, 0.6) is 0 Å². The van der Waals surface area contributed by atoms with E-state index < -0.39 is 8.80 Å². The summed E-state index contributed by atoms with van der Waals surface area (Å²) in [7, 11) is 2.18. The maximum absolute atomic E-state index is 6.27. The Labute approximate surface area is 99.4 Å². The summed E-state index contributed by atoms with van der Waals surface area (Å²) < 4.78 is 16.0. The molecule has 0 saturated heterocycles. The van der Waals surface area contributed by atoms with E-state index in [0.29, 0.717) is 0 Å². The van der Waals surface area contributed by atoms with Crippen LogP contribution in [0, 0.1) is 0 Å². The van der Waals surface area contributed by atoms with E-state index in [4.69, 9.17) is 24.9 Å². The first-order valence-corrected chi connectivity index (χ1v) is 7.70. The SMILES string of the molecule is CCCCCCC(Cl)[Si](OC)(OC)OC. The highest BCUT2D eigenvalue weighted by molar-refractivity contribution is 6.71. The predicted molar refractivity (Wildman–Crippen MR) is 65.2 cm³/mol. The van der Waals surface area contributed by atoms with Gasteiger partial charge in [-0.2, -0.15) is 0 Å². The van der Waals surface area contributed by atoms with Crippen molar-refractivity contribution in [2.75, 3.05) is 21.3 Å². The van der Waals surface area contributed by atoms with Crippen molar-refractivity contribution in [3.8, 4) is 0 Å². The molecular weight excluding hydrogens is 232 g/mol. The van der Waals surface area contributed by atoms with Gasteiger partial charge in [0.25, 0.3) is 0 Å². The standard InChI is InChI=1S/C10H23ClO3Si/c1-5-6-7-8-9-10(11)15(12-2,13-3)14-4/h10H,5-9H2,1-4H3. The molecule has 92 valence electrons. The lowest BCUT2D eigenvalue weighted by Gasteiger charge is -2.28. The van der Waals surface area contributed by atoms with E-state index in [1.54, 1.807) is 21.3 Å². The fourth-order valence-corrected chi connectivity index (χ4v) is 4.34. The quantitative estimate of drug-likeness (QED) is 0.360. The maximum atomic E-state index is 6.27. The van der Waals surface area contributed by atoms with Gasteiger partial charge in [-0.1, -0.05) is 32.6 Å². The molecule has 0 aliphatic carbocycles. The fraction of sp³-hybridized carbons (Fsp3) is 1.00. The summed E-state index contributed by atoms with van der Waals surface area (Å²) in [6, 6.07) is 0. The van der Waals surface area contributed by atoms with Gasteiger partial charge in [0.15, 0.2) is 0 Å². The number of halogens is 1. The summed E-state index contributed by atoms with van der Waals surface area (Å²) in [5.41, 5.74) is 0. The van der Waals surface area contributed by atoms with Gasteiger partial charge >= 0.3 is 8.80 Å². The topological polar surface area (TPSA) is 27.7 Å². The van der Waals surface area contributed by atoms with Crippen LogP contribution >= 0.6 is 11.6 Å². The second-order valence-electron chi connectivity index (χ2n) is 3.53. The summed E-state index contributed by atoms with van der Waals surface area (Å²) in [6.45, 7) is 2.19. The van der Waals surface area contributed by atoms with E-state index in [1.165, 1.54) is 19.3 Å². The lowest BCUT2D eigenvalue weighted by atomic mass is 10.2. The first-order chi connectivity index (χ1) is 7.16. The van der Waals surface area contributed by atoms with Crippen LogP contribution in [0.15, 0.2) is 0 Å². The second kappa shape index (κ2) is 8.53. The Morgan fingerprint density at radius 1 is 1.00 bits per heavy atom. The van der Waals surface area contributed by atoms with Crippen LogP contribution in [0.2, 0.25) is 0 Å². The fourth-order valence-electron chi connectivity index (χ4n) is 1.56. The third-order valence-corrected chi connectivity index (χ3v) is 6.33. The van der Waals surface area contributed by atoms with Crippen molar-refractivity contribution in [1.29, 1.82) is 0 Å². The Balaban J connectivity index is 3.97. The van der Waals surface area contributed by atoms with Crippen LogP contribution in [-0.2, 0) is 13.3 Å². The van der Waals surface area contributed by atoms with Crippen LogP contribution in [0.1, 0.15) is 39.0 Å². The molecule has 0 heterocycles. The van der Waals surface area contributed by atoms with E-state index in [9.17, 15) is 0 Å². The minimum Gasteiger partial charge on any atom is -0.376 e. The van der Waals surface area contributed by atoms with Crippen LogP contribution in [-0.4, -0.2) is 35.1 Å². The molecule has 0 saturated carbocycles. The highest BCUT2D eigenvalue weighted by atomic mass is 35.5. The van der Waals surface area contributed by atoms with Crippen molar-refractivity contribution in [3.63, 3.8) is 0 Å². The molecule has 0 aromatic heterocycles. The molecule has 0 rings (SSSR count). The molecule has 3 nitrogen and oxygen atoms in total. The molecular formula is C10H23ClO3Si. The number of hydrogen-bond donors (Lipinski definition) is 0. The smallest absolute Gasteiger partial charge is 0.376 e. The molecule has 0 spiro atoms. The molecule has 0 aliphatic heterocycles. The van der Waals surface area contributed by atoms with Crippen LogP contribution in [0.4, 0.5) is 0 Å². The Morgan fingerprint density at radius 3 is 1.93 bits per heavy atom. The number of alkyl halides is 1. The van der Waals surface area contributed by atoms with Crippen molar-refractivity contribution >= 4 is 20.4 Å². The zero-order valence-electron chi connectivity index (χ0n) is 10.2. The normalized spacial score (nSPS) is 14.2. The van der Waals surface area contributed by atoms with E-state index in [2.05, 4.69) is 6.92 Å². The Hall–Kier alpha value is 0.387. The van der Waals surface area contributed by atoms with Crippen molar-refractivity contribution in [2.45, 2.75) is 44.0 Å². The number of rotatable bonds is 9. The van der Waals surface area contributed by atoms with Crippen molar-refractivity contribution in [2.24, 2.45) is 0 Å². The third-order valence-electron chi connectivity index (χ3n) is 2.55. The zero-order chi connectivity index (χ0) is 11.7. The maximum Gasteiger partial charge on any atom is 0.518 e. The van der Waals surface area contributed by atoms with Crippen molar-refractivity contribution in [1.82, 2.24) is 0 Å². The zero-order valence-corrected chi connectivity index (χ0v) is 12.0. The molecule has 0 bridgehead atoms. The third kappa shape index (κ3) is 4.83. The average molecular weight is 255 g/mol. The Bertz CT molecular complexity index is 145. The monoisotopic (exact) mass is 254 g/mol. The van der Waals surface area contributed by atoms with Gasteiger partial charge in [-0.15, -0.1) is 11.6 Å². The summed E-state index contributed by atoms with van der Waals surface area (Å²) >= 11 is 6.27. The van der Waals surface area contributed by atoms with Crippen LogP contribution < -0.4 is 0 Å². The first-order valence-electron chi connectivity index (χ1n) is 5.46. The van der Waals surface area contributed by atoms with Gasteiger partial charge in [0, 0.05) is 21.3 Å². The molecule has 0 amide bonds. The van der Waals surface area contributed by atoms with E-state index >= 15 is 0 Å². The molecule has 0 N–H and O–H groups in total. The average Bonchev–Trinajstić information content (AvgIpc) is 2.28. The highest BCUT2D eigenvalue weighted by Crippen LogP contribution is 2.22. The van der Waals surface area contributed by atoms with Gasteiger partial charge in [-0.25, -0.2) is 0 Å². The molecule has 1 atom stereocenters. The van der Waals surface area contributed by atoms with Crippen LogP contribution in [0.3, 0.4) is 0 Å². The van der Waals surface area contributed by atoms with Gasteiger partial charge in [-0.05, 0) is 6.42 Å². The van der Waals surface area contributed by atoms with E-state index in [1.807, 2.05) is 0 Å². The minimum absolute atomic E-state index is 0.144. The molecule has 0 aromatic rings. The van der Waals surface area contributed by atoms with Gasteiger partial charge in [0.05, 0.1) is 0 Å². The van der Waals surface area contributed by atoms with Crippen LogP contribution in [0.25, 0.3) is 0 Å². The van der Waals surface area contributed by atoms with Crippen molar-refractivity contribution < 1.29 is 13.3 Å². The number of hydrogen-bond acceptors (Lipinski definition) is 3. The summed E-state index contributed by atoms with van der Waals surface area (Å²) in [6.07, 6.45) is 5.69. The summed E-state index contributed by atoms with van der Waals surface area (Å²) in [5, 5.41) is -0.144. The summed E-state index contributed by atoms with van der Waals surface area (Å²) in [5.74, 6) is 0. The first kappa shape index (κ1) is 15.4. The van der Waals surface area contributed by atoms with Gasteiger partial charge in [-0.3, -0.25) is 0 Å². The van der Waals surface area contributed by atoms with E-state index in [0.717, 1.165) is 12.8 Å². The second-order valence-corrected chi connectivity index (χ2v) is 7.55. The van der Waals surface area contributed by atoms with E-state index in [-0.39, 0.29) is 5.00 Å². The summed E-state index contributed by atoms with van der Waals surface area (Å²) in [4.78, 5) is 0. The molecule has 0 fully saturated rings. The van der Waals surface area contributed by atoms with Crippen molar-refractivity contribution in [3.05, 3.63) is 0 Å². The molecule has 0 aliphatic rings. The Morgan fingerprint density at radius 2 is 1.53 bits per heavy atom. The molecule has 0 radical (unpaired) electrons. The Kier molecular flexibility index (Phi) is 8.75. The molecule has 0 aromatic carbocycles. The molecule has 1 unspecified atom stereocenters. The molecule has 15 heavy (non-hydrogen) atoms. The largest absolute Gasteiger partial charge is 0.518 e.